The monoisotopic (exact) mass is 230 g/mol. The lowest BCUT2D eigenvalue weighted by molar-refractivity contribution is -0.136. The fourth-order valence-corrected chi connectivity index (χ4v) is 1.68. The van der Waals surface area contributed by atoms with Gasteiger partial charge >= 0.3 is 12.0 Å². The van der Waals surface area contributed by atoms with Gasteiger partial charge in [-0.05, 0) is 12.8 Å². The molecule has 1 saturated heterocycles. The Bertz CT molecular complexity index is 249. The number of ether oxygens (including phenoxy) is 1. The van der Waals surface area contributed by atoms with E-state index in [0.29, 0.717) is 13.1 Å². The van der Waals surface area contributed by atoms with Crippen LogP contribution in [0.3, 0.4) is 0 Å². The molecule has 0 unspecified atom stereocenters. The number of aliphatic carboxylic acids is 1. The van der Waals surface area contributed by atoms with Crippen LogP contribution in [-0.2, 0) is 9.53 Å². The maximum absolute atomic E-state index is 11.6. The van der Waals surface area contributed by atoms with Gasteiger partial charge in [-0.3, -0.25) is 4.79 Å². The lowest BCUT2D eigenvalue weighted by Crippen LogP contribution is -2.46. The van der Waals surface area contributed by atoms with E-state index in [1.807, 2.05) is 0 Å². The predicted octanol–water partition coefficient (Wildman–Crippen LogP) is 0.281. The highest BCUT2D eigenvalue weighted by Crippen LogP contribution is 2.12. The standard InChI is InChI=1S/C10H18N2O4/c1-16-8-3-6-12(7-4-8)10(15)11-5-2-9(13)14/h8H,2-7H2,1H3,(H,11,15)(H,13,14). The lowest BCUT2D eigenvalue weighted by atomic mass is 10.1. The molecule has 1 heterocycles. The van der Waals surface area contributed by atoms with Crippen molar-refractivity contribution < 1.29 is 19.4 Å². The third-order valence-corrected chi connectivity index (χ3v) is 2.68. The quantitative estimate of drug-likeness (QED) is 0.727. The molecular weight excluding hydrogens is 212 g/mol. The van der Waals surface area contributed by atoms with Crippen LogP contribution in [0.25, 0.3) is 0 Å². The zero-order valence-corrected chi connectivity index (χ0v) is 9.44. The first kappa shape index (κ1) is 12.8. The Morgan fingerprint density at radius 2 is 2.06 bits per heavy atom. The second kappa shape index (κ2) is 6.32. The molecule has 6 nitrogen and oxygen atoms in total. The second-order valence-corrected chi connectivity index (χ2v) is 3.80. The van der Waals surface area contributed by atoms with Crippen molar-refractivity contribution in [1.82, 2.24) is 10.2 Å². The molecule has 1 aliphatic rings. The highest BCUT2D eigenvalue weighted by Gasteiger charge is 2.22. The fourth-order valence-electron chi connectivity index (χ4n) is 1.68. The van der Waals surface area contributed by atoms with Gasteiger partial charge in [0.15, 0.2) is 0 Å². The number of piperidine rings is 1. The Labute approximate surface area is 94.6 Å². The van der Waals surface area contributed by atoms with Crippen molar-refractivity contribution in [3.05, 3.63) is 0 Å². The number of carbonyl (C=O) groups is 2. The Morgan fingerprint density at radius 1 is 1.44 bits per heavy atom. The summed E-state index contributed by atoms with van der Waals surface area (Å²) in [6.45, 7) is 1.51. The summed E-state index contributed by atoms with van der Waals surface area (Å²) in [5, 5.41) is 11.0. The number of hydrogen-bond donors (Lipinski definition) is 2. The Hall–Kier alpha value is -1.30. The van der Waals surface area contributed by atoms with Gasteiger partial charge < -0.3 is 20.1 Å². The molecule has 0 aromatic carbocycles. The van der Waals surface area contributed by atoms with Crippen molar-refractivity contribution in [3.63, 3.8) is 0 Å². The third-order valence-electron chi connectivity index (χ3n) is 2.68. The van der Waals surface area contributed by atoms with E-state index < -0.39 is 5.97 Å². The number of rotatable bonds is 4. The van der Waals surface area contributed by atoms with Crippen LogP contribution >= 0.6 is 0 Å². The molecule has 6 heteroatoms. The van der Waals surface area contributed by atoms with Gasteiger partial charge in [-0.25, -0.2) is 4.79 Å². The molecule has 0 aromatic rings. The number of likely N-dealkylation sites (tertiary alicyclic amines) is 1. The van der Waals surface area contributed by atoms with E-state index >= 15 is 0 Å². The molecule has 0 bridgehead atoms. The van der Waals surface area contributed by atoms with E-state index in [1.165, 1.54) is 0 Å². The summed E-state index contributed by atoms with van der Waals surface area (Å²) in [6.07, 6.45) is 1.87. The summed E-state index contributed by atoms with van der Waals surface area (Å²) in [6, 6.07) is -0.184. The van der Waals surface area contributed by atoms with E-state index in [1.54, 1.807) is 12.0 Å². The van der Waals surface area contributed by atoms with Gasteiger partial charge in [0.05, 0.1) is 12.5 Å². The van der Waals surface area contributed by atoms with E-state index in [2.05, 4.69) is 5.32 Å². The third kappa shape index (κ3) is 4.06. The van der Waals surface area contributed by atoms with Gasteiger partial charge in [-0.2, -0.15) is 0 Å². The van der Waals surface area contributed by atoms with Gasteiger partial charge in [0.1, 0.15) is 0 Å². The molecule has 92 valence electrons. The van der Waals surface area contributed by atoms with Gasteiger partial charge in [-0.1, -0.05) is 0 Å². The number of nitrogens with zero attached hydrogens (tertiary/aromatic N) is 1. The number of carboxylic acid groups (broad SMARTS) is 1. The van der Waals surface area contributed by atoms with Crippen molar-refractivity contribution >= 4 is 12.0 Å². The number of amides is 2. The molecule has 0 saturated carbocycles. The molecule has 0 spiro atoms. The molecule has 1 aliphatic heterocycles. The summed E-state index contributed by atoms with van der Waals surface area (Å²) < 4.78 is 5.20. The largest absolute Gasteiger partial charge is 0.481 e. The van der Waals surface area contributed by atoms with Gasteiger partial charge in [-0.15, -0.1) is 0 Å². The van der Waals surface area contributed by atoms with Crippen LogP contribution in [0.15, 0.2) is 0 Å². The Morgan fingerprint density at radius 3 is 2.56 bits per heavy atom. The minimum atomic E-state index is -0.904. The van der Waals surface area contributed by atoms with E-state index in [9.17, 15) is 9.59 Å². The molecule has 0 atom stereocenters. The number of carboxylic acids is 1. The van der Waals surface area contributed by atoms with Crippen LogP contribution in [0, 0.1) is 0 Å². The molecular formula is C10H18N2O4. The van der Waals surface area contributed by atoms with Gasteiger partial charge in [0, 0.05) is 26.7 Å². The Kier molecular flexibility index (Phi) is 5.04. The van der Waals surface area contributed by atoms with Gasteiger partial charge in [0.2, 0.25) is 0 Å². The minimum Gasteiger partial charge on any atom is -0.481 e. The lowest BCUT2D eigenvalue weighted by Gasteiger charge is -2.31. The molecule has 1 rings (SSSR count). The van der Waals surface area contributed by atoms with Crippen molar-refractivity contribution in [2.75, 3.05) is 26.7 Å². The maximum atomic E-state index is 11.6. The van der Waals surface area contributed by atoms with Crippen molar-refractivity contribution in [2.24, 2.45) is 0 Å². The second-order valence-electron chi connectivity index (χ2n) is 3.80. The SMILES string of the molecule is COC1CCN(C(=O)NCCC(=O)O)CC1. The first-order valence-corrected chi connectivity index (χ1v) is 5.41. The summed E-state index contributed by atoms with van der Waals surface area (Å²) in [5.41, 5.74) is 0. The minimum absolute atomic E-state index is 0.0414. The van der Waals surface area contributed by atoms with Crippen LogP contribution in [0.2, 0.25) is 0 Å². The molecule has 0 aliphatic carbocycles. The molecule has 16 heavy (non-hydrogen) atoms. The van der Waals surface area contributed by atoms with Crippen LogP contribution in [0.4, 0.5) is 4.79 Å². The highest BCUT2D eigenvalue weighted by atomic mass is 16.5. The first-order chi connectivity index (χ1) is 7.63. The fraction of sp³-hybridized carbons (Fsp3) is 0.800. The van der Waals surface area contributed by atoms with E-state index in [4.69, 9.17) is 9.84 Å². The molecule has 2 N–H and O–H groups in total. The summed E-state index contributed by atoms with van der Waals surface area (Å²) in [7, 11) is 1.67. The predicted molar refractivity (Wildman–Crippen MR) is 57.3 cm³/mol. The van der Waals surface area contributed by atoms with Crippen molar-refractivity contribution in [2.45, 2.75) is 25.4 Å². The normalized spacial score (nSPS) is 17.2. The number of hydrogen-bond acceptors (Lipinski definition) is 3. The summed E-state index contributed by atoms with van der Waals surface area (Å²) in [5.74, 6) is -0.904. The van der Waals surface area contributed by atoms with Crippen molar-refractivity contribution in [3.8, 4) is 0 Å². The number of carbonyl (C=O) groups excluding carboxylic acids is 1. The van der Waals surface area contributed by atoms with Gasteiger partial charge in [0.25, 0.3) is 0 Å². The molecule has 1 fully saturated rings. The smallest absolute Gasteiger partial charge is 0.317 e. The van der Waals surface area contributed by atoms with Crippen LogP contribution < -0.4 is 5.32 Å². The average molecular weight is 230 g/mol. The first-order valence-electron chi connectivity index (χ1n) is 5.41. The Balaban J connectivity index is 2.20. The topological polar surface area (TPSA) is 78.9 Å². The number of nitrogens with one attached hydrogen (secondary N) is 1. The van der Waals surface area contributed by atoms with Crippen molar-refractivity contribution in [1.29, 1.82) is 0 Å². The molecule has 0 radical (unpaired) electrons. The number of methoxy groups -OCH3 is 1. The zero-order chi connectivity index (χ0) is 12.0. The molecule has 2 amide bonds. The van der Waals surface area contributed by atoms with E-state index in [0.717, 1.165) is 12.8 Å². The van der Waals surface area contributed by atoms with E-state index in [-0.39, 0.29) is 25.1 Å². The van der Waals surface area contributed by atoms with Crippen LogP contribution in [-0.4, -0.2) is 54.9 Å². The summed E-state index contributed by atoms with van der Waals surface area (Å²) >= 11 is 0. The zero-order valence-electron chi connectivity index (χ0n) is 9.44. The number of urea groups is 1. The molecule has 0 aromatic heterocycles. The van der Waals surface area contributed by atoms with Crippen LogP contribution in [0.5, 0.6) is 0 Å². The van der Waals surface area contributed by atoms with Crippen LogP contribution in [0.1, 0.15) is 19.3 Å². The average Bonchev–Trinajstić information content (AvgIpc) is 2.28. The summed E-state index contributed by atoms with van der Waals surface area (Å²) in [4.78, 5) is 23.5. The highest BCUT2D eigenvalue weighted by molar-refractivity contribution is 5.75. The maximum Gasteiger partial charge on any atom is 0.317 e.